The summed E-state index contributed by atoms with van der Waals surface area (Å²) < 4.78 is 2.36. The van der Waals surface area contributed by atoms with Gasteiger partial charge in [-0.3, -0.25) is 4.79 Å². The summed E-state index contributed by atoms with van der Waals surface area (Å²) in [6, 6.07) is 14.7. The van der Waals surface area contributed by atoms with Gasteiger partial charge in [-0.2, -0.15) is 0 Å². The van der Waals surface area contributed by atoms with Crippen LogP contribution in [0.3, 0.4) is 0 Å². The standard InChI is InChI=1S/C23H23N3OS/c1-14-3-6-16(7-4-14)24-23(28)26-12-11-25-19-9-5-15(2)13-18(19)22(27)17-8-10-20(26)21(17)25/h3-7,9,13,20H,8,10-12H2,1-2H3,(H,24,28). The van der Waals surface area contributed by atoms with Gasteiger partial charge in [-0.05, 0) is 63.2 Å². The Hall–Kier alpha value is -2.66. The topological polar surface area (TPSA) is 37.3 Å². The van der Waals surface area contributed by atoms with E-state index in [4.69, 9.17) is 12.2 Å². The van der Waals surface area contributed by atoms with Crippen LogP contribution >= 0.6 is 12.2 Å². The van der Waals surface area contributed by atoms with Crippen LogP contribution in [0.5, 0.6) is 0 Å². The third-order valence-corrected chi connectivity index (χ3v) is 6.39. The molecule has 2 aromatic carbocycles. The van der Waals surface area contributed by atoms with Gasteiger partial charge in [0.25, 0.3) is 0 Å². The molecule has 142 valence electrons. The SMILES string of the molecule is Cc1ccc(NC(=S)N2CCn3c4c(c(=O)c5cc(C)ccc53)CCC42)cc1. The van der Waals surface area contributed by atoms with E-state index in [0.29, 0.717) is 0 Å². The molecule has 1 unspecified atom stereocenters. The number of rotatable bonds is 1. The molecule has 0 amide bonds. The molecule has 5 heteroatoms. The van der Waals surface area contributed by atoms with E-state index in [1.807, 2.05) is 13.0 Å². The van der Waals surface area contributed by atoms with Crippen LogP contribution in [0.2, 0.25) is 0 Å². The van der Waals surface area contributed by atoms with Crippen molar-refractivity contribution >= 4 is 33.9 Å². The molecule has 28 heavy (non-hydrogen) atoms. The van der Waals surface area contributed by atoms with Crippen molar-refractivity contribution in [1.29, 1.82) is 0 Å². The molecule has 5 rings (SSSR count). The van der Waals surface area contributed by atoms with Crippen molar-refractivity contribution in [2.45, 2.75) is 39.3 Å². The Morgan fingerprint density at radius 2 is 1.82 bits per heavy atom. The lowest BCUT2D eigenvalue weighted by Crippen LogP contribution is -2.44. The summed E-state index contributed by atoms with van der Waals surface area (Å²) >= 11 is 5.76. The van der Waals surface area contributed by atoms with Crippen molar-refractivity contribution in [3.63, 3.8) is 0 Å². The van der Waals surface area contributed by atoms with E-state index in [1.165, 1.54) is 11.3 Å². The number of fused-ring (bicyclic) bond motifs is 2. The molecule has 4 nitrogen and oxygen atoms in total. The van der Waals surface area contributed by atoms with E-state index in [1.54, 1.807) is 0 Å². The van der Waals surface area contributed by atoms with Gasteiger partial charge in [0.2, 0.25) is 0 Å². The van der Waals surface area contributed by atoms with Gasteiger partial charge >= 0.3 is 0 Å². The van der Waals surface area contributed by atoms with Gasteiger partial charge in [0.1, 0.15) is 0 Å². The van der Waals surface area contributed by atoms with E-state index in [2.05, 4.69) is 58.1 Å². The molecule has 0 fully saturated rings. The quantitative estimate of drug-likeness (QED) is 0.629. The van der Waals surface area contributed by atoms with E-state index >= 15 is 0 Å². The Bertz CT molecular complexity index is 1160. The number of nitrogens with zero attached hydrogens (tertiary/aromatic N) is 2. The molecule has 2 aliphatic rings. The first kappa shape index (κ1) is 17.4. The van der Waals surface area contributed by atoms with Crippen LogP contribution in [0.4, 0.5) is 5.69 Å². The van der Waals surface area contributed by atoms with Gasteiger partial charge < -0.3 is 14.8 Å². The van der Waals surface area contributed by atoms with Gasteiger partial charge in [-0.25, -0.2) is 0 Å². The molecular weight excluding hydrogens is 366 g/mol. The van der Waals surface area contributed by atoms with Crippen molar-refractivity contribution in [1.82, 2.24) is 9.47 Å². The molecule has 3 aromatic rings. The lowest BCUT2D eigenvalue weighted by molar-refractivity contribution is 0.263. The van der Waals surface area contributed by atoms with Gasteiger partial charge in [-0.15, -0.1) is 0 Å². The first-order chi connectivity index (χ1) is 13.5. The molecule has 1 aromatic heterocycles. The van der Waals surface area contributed by atoms with Crippen molar-refractivity contribution in [2.75, 3.05) is 11.9 Å². The van der Waals surface area contributed by atoms with Gasteiger partial charge in [0.15, 0.2) is 10.5 Å². The summed E-state index contributed by atoms with van der Waals surface area (Å²) in [5, 5.41) is 4.98. The highest BCUT2D eigenvalue weighted by Crippen LogP contribution is 2.39. The number of thiocarbonyl (C=S) groups is 1. The fourth-order valence-corrected chi connectivity index (χ4v) is 5.00. The third-order valence-electron chi connectivity index (χ3n) is 6.05. The summed E-state index contributed by atoms with van der Waals surface area (Å²) in [6.07, 6.45) is 1.77. The fraction of sp³-hybridized carbons (Fsp3) is 0.304. The predicted octanol–water partition coefficient (Wildman–Crippen LogP) is 4.32. The summed E-state index contributed by atoms with van der Waals surface area (Å²) in [7, 11) is 0. The summed E-state index contributed by atoms with van der Waals surface area (Å²) in [6.45, 7) is 5.81. The minimum absolute atomic E-state index is 0.174. The van der Waals surface area contributed by atoms with Crippen molar-refractivity contribution in [3.8, 4) is 0 Å². The normalized spacial score (nSPS) is 17.6. The van der Waals surface area contributed by atoms with Crippen molar-refractivity contribution < 1.29 is 0 Å². The zero-order valence-corrected chi connectivity index (χ0v) is 17.0. The number of benzene rings is 2. The lowest BCUT2D eigenvalue weighted by Gasteiger charge is -2.38. The maximum absolute atomic E-state index is 13.1. The number of pyridine rings is 1. The highest BCUT2D eigenvalue weighted by atomic mass is 32.1. The molecule has 2 heterocycles. The Balaban J connectivity index is 1.54. The monoisotopic (exact) mass is 389 g/mol. The van der Waals surface area contributed by atoms with Crippen LogP contribution in [0.15, 0.2) is 47.3 Å². The molecule has 1 aliphatic carbocycles. The number of anilines is 1. The average molecular weight is 390 g/mol. The second kappa shape index (κ2) is 6.45. The van der Waals surface area contributed by atoms with Crippen LogP contribution in [-0.4, -0.2) is 21.1 Å². The zero-order chi connectivity index (χ0) is 19.4. The highest BCUT2D eigenvalue weighted by molar-refractivity contribution is 7.80. The largest absolute Gasteiger partial charge is 0.340 e. The molecule has 1 atom stereocenters. The van der Waals surface area contributed by atoms with Gasteiger partial charge in [-0.1, -0.05) is 29.3 Å². The number of aromatic nitrogens is 1. The number of hydrogen-bond acceptors (Lipinski definition) is 2. The molecule has 0 saturated carbocycles. The average Bonchev–Trinajstić information content (AvgIpc) is 3.13. The first-order valence-corrected chi connectivity index (χ1v) is 10.2. The van der Waals surface area contributed by atoms with Crippen LogP contribution in [-0.2, 0) is 13.0 Å². The second-order valence-electron chi connectivity index (χ2n) is 7.91. The maximum Gasteiger partial charge on any atom is 0.192 e. The minimum atomic E-state index is 0.174. The van der Waals surface area contributed by atoms with Crippen molar-refractivity contribution in [2.24, 2.45) is 0 Å². The second-order valence-corrected chi connectivity index (χ2v) is 8.30. The van der Waals surface area contributed by atoms with Crippen molar-refractivity contribution in [3.05, 3.63) is 75.1 Å². The first-order valence-electron chi connectivity index (χ1n) is 9.83. The van der Waals surface area contributed by atoms with Crippen LogP contribution in [0.25, 0.3) is 10.9 Å². The molecule has 0 saturated heterocycles. The Morgan fingerprint density at radius 3 is 2.61 bits per heavy atom. The highest BCUT2D eigenvalue weighted by Gasteiger charge is 2.37. The summed E-state index contributed by atoms with van der Waals surface area (Å²) in [5.74, 6) is 0. The molecule has 0 spiro atoms. The van der Waals surface area contributed by atoms with Crippen LogP contribution < -0.4 is 10.7 Å². The van der Waals surface area contributed by atoms with Gasteiger partial charge in [0.05, 0.1) is 11.6 Å². The fourth-order valence-electron chi connectivity index (χ4n) is 4.66. The number of nitrogens with one attached hydrogen (secondary N) is 1. The third kappa shape index (κ3) is 2.65. The molecule has 1 aliphatic heterocycles. The zero-order valence-electron chi connectivity index (χ0n) is 16.2. The van der Waals surface area contributed by atoms with Gasteiger partial charge in [0, 0.05) is 35.4 Å². The summed E-state index contributed by atoms with van der Waals surface area (Å²) in [5.41, 5.74) is 6.76. The maximum atomic E-state index is 13.1. The molecular formula is C23H23N3OS. The summed E-state index contributed by atoms with van der Waals surface area (Å²) in [4.78, 5) is 15.4. The smallest absolute Gasteiger partial charge is 0.192 e. The van der Waals surface area contributed by atoms with E-state index in [-0.39, 0.29) is 11.5 Å². The predicted molar refractivity (Wildman–Crippen MR) is 118 cm³/mol. The minimum Gasteiger partial charge on any atom is -0.340 e. The number of hydrogen-bond donors (Lipinski definition) is 1. The molecule has 0 bridgehead atoms. The Kier molecular flexibility index (Phi) is 4.02. The van der Waals surface area contributed by atoms with E-state index in [9.17, 15) is 4.79 Å². The lowest BCUT2D eigenvalue weighted by atomic mass is 10.0. The Morgan fingerprint density at radius 1 is 1.07 bits per heavy atom. The number of aryl methyl sites for hydroxylation is 2. The van der Waals surface area contributed by atoms with Crippen LogP contribution in [0.1, 0.15) is 34.8 Å². The van der Waals surface area contributed by atoms with E-state index < -0.39 is 0 Å². The molecule has 1 N–H and O–H groups in total. The van der Waals surface area contributed by atoms with Crippen LogP contribution in [0, 0.1) is 13.8 Å². The van der Waals surface area contributed by atoms with E-state index in [0.717, 1.165) is 58.8 Å². The Labute approximate surface area is 169 Å². The molecule has 0 radical (unpaired) electrons.